The first-order valence-corrected chi connectivity index (χ1v) is 11.7. The minimum atomic E-state index is -4.40. The average molecular weight is 498 g/mol. The van der Waals surface area contributed by atoms with Crippen molar-refractivity contribution in [2.75, 3.05) is 13.1 Å². The minimum Gasteiger partial charge on any atom is -0.481 e. The smallest absolute Gasteiger partial charge is 0.416 e. The van der Waals surface area contributed by atoms with Crippen molar-refractivity contribution < 1.29 is 32.2 Å². The van der Waals surface area contributed by atoms with Crippen LogP contribution in [0.25, 0.3) is 0 Å². The lowest BCUT2D eigenvalue weighted by Gasteiger charge is -2.33. The van der Waals surface area contributed by atoms with Crippen LogP contribution in [0.3, 0.4) is 0 Å². The molecule has 3 aromatic rings. The number of alkyl halides is 3. The van der Waals surface area contributed by atoms with Gasteiger partial charge in [-0.25, -0.2) is 0 Å². The summed E-state index contributed by atoms with van der Waals surface area (Å²) in [6.45, 7) is 2.67. The predicted molar refractivity (Wildman–Crippen MR) is 128 cm³/mol. The molecular formula is C28H26F3NO4. The first kappa shape index (κ1) is 25.3. The summed E-state index contributed by atoms with van der Waals surface area (Å²) in [5, 5.41) is 0. The van der Waals surface area contributed by atoms with Crippen molar-refractivity contribution in [3.05, 3.63) is 90.0 Å². The van der Waals surface area contributed by atoms with Gasteiger partial charge in [0.2, 0.25) is 0 Å². The third-order valence-corrected chi connectivity index (χ3v) is 6.14. The molecule has 0 aliphatic carbocycles. The molecule has 36 heavy (non-hydrogen) atoms. The van der Waals surface area contributed by atoms with Crippen LogP contribution in [0.5, 0.6) is 17.2 Å². The van der Waals surface area contributed by atoms with E-state index in [1.807, 2.05) is 30.3 Å². The monoisotopic (exact) mass is 497 g/mol. The Morgan fingerprint density at radius 1 is 0.833 bits per heavy atom. The summed E-state index contributed by atoms with van der Waals surface area (Å²) in [5.74, 6) is 1.03. The van der Waals surface area contributed by atoms with Crippen molar-refractivity contribution >= 4 is 11.7 Å². The summed E-state index contributed by atoms with van der Waals surface area (Å²) >= 11 is 0. The number of hydrogen-bond acceptors (Lipinski definition) is 4. The highest BCUT2D eigenvalue weighted by molar-refractivity contribution is 5.98. The lowest BCUT2D eigenvalue weighted by atomic mass is 9.89. The predicted octanol–water partition coefficient (Wildman–Crippen LogP) is 6.39. The lowest BCUT2D eigenvalue weighted by Crippen LogP contribution is -2.45. The van der Waals surface area contributed by atoms with E-state index in [9.17, 15) is 22.8 Å². The highest BCUT2D eigenvalue weighted by Gasteiger charge is 2.31. The van der Waals surface area contributed by atoms with Crippen molar-refractivity contribution in [2.24, 2.45) is 5.92 Å². The van der Waals surface area contributed by atoms with Crippen LogP contribution in [0.1, 0.15) is 35.7 Å². The van der Waals surface area contributed by atoms with Crippen LogP contribution in [-0.2, 0) is 11.0 Å². The molecule has 1 aliphatic heterocycles. The number of benzene rings is 3. The van der Waals surface area contributed by atoms with Gasteiger partial charge < -0.3 is 14.4 Å². The van der Waals surface area contributed by atoms with Crippen LogP contribution >= 0.6 is 0 Å². The summed E-state index contributed by atoms with van der Waals surface area (Å²) < 4.78 is 49.4. The molecule has 8 heteroatoms. The van der Waals surface area contributed by atoms with E-state index in [-0.39, 0.29) is 23.4 Å². The molecule has 1 heterocycles. The quantitative estimate of drug-likeness (QED) is 0.355. The van der Waals surface area contributed by atoms with Gasteiger partial charge in [0.15, 0.2) is 11.9 Å². The molecule has 3 aromatic carbocycles. The highest BCUT2D eigenvalue weighted by atomic mass is 19.4. The Bertz CT molecular complexity index is 1170. The van der Waals surface area contributed by atoms with Crippen molar-refractivity contribution in [2.45, 2.75) is 32.0 Å². The number of carbonyl (C=O) groups is 2. The number of carbonyl (C=O) groups excluding carboxylic acids is 2. The minimum absolute atomic E-state index is 0.0927. The number of hydrogen-bond donors (Lipinski definition) is 0. The maximum absolute atomic E-state index is 12.9. The number of likely N-dealkylation sites (tertiary alicyclic amines) is 1. The van der Waals surface area contributed by atoms with Gasteiger partial charge in [-0.3, -0.25) is 9.59 Å². The van der Waals surface area contributed by atoms with E-state index < -0.39 is 17.8 Å². The Labute approximate surface area is 207 Å². The van der Waals surface area contributed by atoms with Gasteiger partial charge in [-0.1, -0.05) is 30.3 Å². The van der Waals surface area contributed by atoms with Crippen molar-refractivity contribution in [1.82, 2.24) is 4.90 Å². The fourth-order valence-corrected chi connectivity index (χ4v) is 4.15. The van der Waals surface area contributed by atoms with Gasteiger partial charge in [0, 0.05) is 24.6 Å². The number of nitrogens with zero attached hydrogens (tertiary/aromatic N) is 1. The molecule has 0 radical (unpaired) electrons. The molecule has 1 atom stereocenters. The summed E-state index contributed by atoms with van der Waals surface area (Å²) in [4.78, 5) is 27.3. The topological polar surface area (TPSA) is 55.8 Å². The van der Waals surface area contributed by atoms with Crippen LogP contribution in [0.2, 0.25) is 0 Å². The molecule has 0 spiro atoms. The molecule has 0 N–H and O–H groups in total. The Kier molecular flexibility index (Phi) is 7.62. The van der Waals surface area contributed by atoms with E-state index in [4.69, 9.17) is 9.47 Å². The third-order valence-electron chi connectivity index (χ3n) is 6.14. The molecule has 1 fully saturated rings. The lowest BCUT2D eigenvalue weighted by molar-refractivity contribution is -0.139. The number of piperidine rings is 1. The molecule has 1 amide bonds. The van der Waals surface area contributed by atoms with E-state index in [1.165, 1.54) is 12.1 Å². The molecule has 5 nitrogen and oxygen atoms in total. The Balaban J connectivity index is 1.27. The van der Waals surface area contributed by atoms with Gasteiger partial charge >= 0.3 is 6.18 Å². The fourth-order valence-electron chi connectivity index (χ4n) is 4.15. The maximum atomic E-state index is 12.9. The molecular weight excluding hydrogens is 471 g/mol. The number of halogens is 3. The van der Waals surface area contributed by atoms with Crippen molar-refractivity contribution in [3.8, 4) is 17.2 Å². The zero-order valence-corrected chi connectivity index (χ0v) is 19.7. The summed E-state index contributed by atoms with van der Waals surface area (Å²) in [5.41, 5.74) is -0.0472. The summed E-state index contributed by atoms with van der Waals surface area (Å²) in [6.07, 6.45) is -3.89. The van der Waals surface area contributed by atoms with E-state index in [0.717, 1.165) is 12.1 Å². The molecule has 0 bridgehead atoms. The number of ether oxygens (including phenoxy) is 2. The zero-order chi connectivity index (χ0) is 25.7. The van der Waals surface area contributed by atoms with E-state index in [1.54, 1.807) is 36.1 Å². The van der Waals surface area contributed by atoms with Crippen LogP contribution in [0.15, 0.2) is 78.9 Å². The van der Waals surface area contributed by atoms with Gasteiger partial charge in [0.1, 0.15) is 17.2 Å². The number of ketones is 1. The maximum Gasteiger partial charge on any atom is 0.416 e. The van der Waals surface area contributed by atoms with Crippen LogP contribution in [-0.4, -0.2) is 35.8 Å². The van der Waals surface area contributed by atoms with Gasteiger partial charge in [-0.2, -0.15) is 13.2 Å². The SMILES string of the molecule is C[C@H](Oc1ccc(Oc2ccc(C(F)(F)F)cc2)cc1)C(=O)N1CCC(C(=O)c2ccccc2)CC1. The fraction of sp³-hybridized carbons (Fsp3) is 0.286. The van der Waals surface area contributed by atoms with Crippen LogP contribution in [0, 0.1) is 5.92 Å². The largest absolute Gasteiger partial charge is 0.481 e. The van der Waals surface area contributed by atoms with Crippen molar-refractivity contribution in [3.63, 3.8) is 0 Å². The van der Waals surface area contributed by atoms with Crippen molar-refractivity contribution in [1.29, 1.82) is 0 Å². The summed E-state index contributed by atoms with van der Waals surface area (Å²) in [7, 11) is 0. The molecule has 0 aromatic heterocycles. The molecule has 1 saturated heterocycles. The standard InChI is InChI=1S/C28H26F3NO4/c1-19(27(34)32-17-15-21(16-18-32)26(33)20-5-3-2-4-6-20)35-23-11-13-25(14-12-23)36-24-9-7-22(8-10-24)28(29,30)31/h2-14,19,21H,15-18H2,1H3/t19-/m0/s1. The Morgan fingerprint density at radius 3 is 1.92 bits per heavy atom. The van der Waals surface area contributed by atoms with Crippen LogP contribution < -0.4 is 9.47 Å². The number of amides is 1. The third kappa shape index (κ3) is 6.24. The second-order valence-electron chi connectivity index (χ2n) is 8.69. The Morgan fingerprint density at radius 2 is 1.36 bits per heavy atom. The first-order chi connectivity index (χ1) is 17.2. The molecule has 4 rings (SSSR count). The summed E-state index contributed by atoms with van der Waals surface area (Å²) in [6, 6.07) is 20.1. The molecule has 1 aliphatic rings. The normalized spacial score (nSPS) is 15.3. The molecule has 0 unspecified atom stereocenters. The van der Waals surface area contributed by atoms with E-state index in [0.29, 0.717) is 43.0 Å². The zero-order valence-electron chi connectivity index (χ0n) is 19.7. The highest BCUT2D eigenvalue weighted by Crippen LogP contribution is 2.32. The van der Waals surface area contributed by atoms with Gasteiger partial charge in [-0.05, 0) is 68.3 Å². The molecule has 0 saturated carbocycles. The average Bonchev–Trinajstić information content (AvgIpc) is 2.89. The van der Waals surface area contributed by atoms with E-state index in [2.05, 4.69) is 0 Å². The number of rotatable bonds is 7. The molecule has 188 valence electrons. The van der Waals surface area contributed by atoms with Gasteiger partial charge in [0.25, 0.3) is 5.91 Å². The Hall–Kier alpha value is -3.81. The second kappa shape index (κ2) is 10.8. The van der Waals surface area contributed by atoms with E-state index >= 15 is 0 Å². The van der Waals surface area contributed by atoms with Crippen LogP contribution in [0.4, 0.5) is 13.2 Å². The first-order valence-electron chi connectivity index (χ1n) is 11.7. The number of Topliss-reactive ketones (excluding diaryl/α,β-unsaturated/α-hetero) is 1. The second-order valence-corrected chi connectivity index (χ2v) is 8.69. The van der Waals surface area contributed by atoms with Gasteiger partial charge in [0.05, 0.1) is 5.56 Å². The van der Waals surface area contributed by atoms with Gasteiger partial charge in [-0.15, -0.1) is 0 Å².